The van der Waals surface area contributed by atoms with Crippen molar-refractivity contribution in [3.05, 3.63) is 64.4 Å². The van der Waals surface area contributed by atoms with Gasteiger partial charge in [-0.1, -0.05) is 36.6 Å². The standard InChI is InChI=1S/C25H28ClN3O3/c26-20-9-6-18(7-10-20)16-23-25(31)28-21-17-19(8-11-22(21)32-23)24(30)27-12-5-15-29-13-3-1-2-4-14-29/h6-11,16-17H,1-5,12-15H2,(H,27,30)(H,28,31)/b23-16+. The molecule has 168 valence electrons. The van der Waals surface area contributed by atoms with Crippen molar-refractivity contribution in [3.8, 4) is 5.75 Å². The van der Waals surface area contributed by atoms with Crippen LogP contribution in [0.1, 0.15) is 48.0 Å². The molecule has 0 aliphatic carbocycles. The van der Waals surface area contributed by atoms with Gasteiger partial charge in [-0.25, -0.2) is 0 Å². The molecular weight excluding hydrogens is 426 g/mol. The van der Waals surface area contributed by atoms with Gasteiger partial charge in [0.1, 0.15) is 0 Å². The van der Waals surface area contributed by atoms with Gasteiger partial charge in [-0.05, 0) is 80.9 Å². The van der Waals surface area contributed by atoms with Crippen LogP contribution in [0, 0.1) is 0 Å². The number of nitrogens with one attached hydrogen (secondary N) is 2. The fourth-order valence-corrected chi connectivity index (χ4v) is 4.10. The number of halogens is 1. The van der Waals surface area contributed by atoms with Crippen LogP contribution in [0.25, 0.3) is 6.08 Å². The topological polar surface area (TPSA) is 70.7 Å². The van der Waals surface area contributed by atoms with Crippen molar-refractivity contribution >= 4 is 35.2 Å². The highest BCUT2D eigenvalue weighted by Crippen LogP contribution is 2.32. The lowest BCUT2D eigenvalue weighted by atomic mass is 10.1. The summed E-state index contributed by atoms with van der Waals surface area (Å²) in [6, 6.07) is 12.2. The van der Waals surface area contributed by atoms with Gasteiger partial charge >= 0.3 is 0 Å². The Morgan fingerprint density at radius 2 is 1.84 bits per heavy atom. The highest BCUT2D eigenvalue weighted by atomic mass is 35.5. The van der Waals surface area contributed by atoms with Crippen LogP contribution in [0.3, 0.4) is 0 Å². The van der Waals surface area contributed by atoms with Crippen LogP contribution in [0.5, 0.6) is 5.75 Å². The molecule has 0 aromatic heterocycles. The van der Waals surface area contributed by atoms with E-state index in [4.69, 9.17) is 16.3 Å². The molecule has 2 aliphatic heterocycles. The minimum atomic E-state index is -0.359. The first-order valence-corrected chi connectivity index (χ1v) is 11.6. The maximum Gasteiger partial charge on any atom is 0.291 e. The molecule has 4 rings (SSSR count). The molecule has 0 saturated carbocycles. The highest BCUT2D eigenvalue weighted by molar-refractivity contribution is 6.30. The predicted molar refractivity (Wildman–Crippen MR) is 127 cm³/mol. The monoisotopic (exact) mass is 453 g/mol. The average Bonchev–Trinajstić information content (AvgIpc) is 3.07. The first kappa shape index (κ1) is 22.4. The van der Waals surface area contributed by atoms with E-state index >= 15 is 0 Å². The lowest BCUT2D eigenvalue weighted by Gasteiger charge is -2.21. The lowest BCUT2D eigenvalue weighted by molar-refractivity contribution is -0.115. The van der Waals surface area contributed by atoms with Crippen molar-refractivity contribution < 1.29 is 14.3 Å². The number of hydrogen-bond acceptors (Lipinski definition) is 4. The first-order chi connectivity index (χ1) is 15.6. The van der Waals surface area contributed by atoms with Crippen molar-refractivity contribution in [1.29, 1.82) is 0 Å². The quantitative estimate of drug-likeness (QED) is 0.491. The predicted octanol–water partition coefficient (Wildman–Crippen LogP) is 4.71. The number of nitrogens with zero attached hydrogens (tertiary/aromatic N) is 1. The Morgan fingerprint density at radius 3 is 2.59 bits per heavy atom. The summed E-state index contributed by atoms with van der Waals surface area (Å²) in [5, 5.41) is 6.41. The molecule has 2 aromatic rings. The zero-order valence-corrected chi connectivity index (χ0v) is 18.8. The van der Waals surface area contributed by atoms with Crippen molar-refractivity contribution in [3.63, 3.8) is 0 Å². The summed E-state index contributed by atoms with van der Waals surface area (Å²) >= 11 is 5.91. The third-order valence-electron chi connectivity index (χ3n) is 5.74. The van der Waals surface area contributed by atoms with Crippen LogP contribution in [-0.2, 0) is 4.79 Å². The molecule has 6 nitrogen and oxygen atoms in total. The smallest absolute Gasteiger partial charge is 0.291 e. The number of anilines is 1. The second kappa shape index (κ2) is 10.7. The molecule has 2 heterocycles. The Morgan fingerprint density at radius 1 is 1.09 bits per heavy atom. The van der Waals surface area contributed by atoms with Crippen LogP contribution >= 0.6 is 11.6 Å². The van der Waals surface area contributed by atoms with Crippen molar-refractivity contribution in [2.75, 3.05) is 31.5 Å². The molecule has 7 heteroatoms. The number of carbonyl (C=O) groups excluding carboxylic acids is 2. The number of rotatable bonds is 6. The van der Waals surface area contributed by atoms with Crippen molar-refractivity contribution in [2.24, 2.45) is 0 Å². The number of fused-ring (bicyclic) bond motifs is 1. The van der Waals surface area contributed by atoms with Crippen LogP contribution in [0.2, 0.25) is 5.02 Å². The summed E-state index contributed by atoms with van der Waals surface area (Å²) in [5.74, 6) is 0.177. The second-order valence-electron chi connectivity index (χ2n) is 8.19. The number of hydrogen-bond donors (Lipinski definition) is 2. The summed E-state index contributed by atoms with van der Waals surface area (Å²) < 4.78 is 5.77. The van der Waals surface area contributed by atoms with E-state index < -0.39 is 0 Å². The Kier molecular flexibility index (Phi) is 7.45. The Hall–Kier alpha value is -2.83. The lowest BCUT2D eigenvalue weighted by Crippen LogP contribution is -2.30. The zero-order valence-electron chi connectivity index (χ0n) is 18.0. The zero-order chi connectivity index (χ0) is 22.3. The van der Waals surface area contributed by atoms with Gasteiger partial charge < -0.3 is 20.3 Å². The molecule has 0 unspecified atom stereocenters. The van der Waals surface area contributed by atoms with E-state index in [1.54, 1.807) is 36.4 Å². The minimum absolute atomic E-state index is 0.152. The Balaban J connectivity index is 1.32. The molecule has 0 spiro atoms. The first-order valence-electron chi connectivity index (χ1n) is 11.2. The molecule has 1 saturated heterocycles. The largest absolute Gasteiger partial charge is 0.449 e. The van der Waals surface area contributed by atoms with Crippen LogP contribution in [0.4, 0.5) is 5.69 Å². The second-order valence-corrected chi connectivity index (χ2v) is 8.63. The van der Waals surface area contributed by atoms with Gasteiger partial charge in [0.2, 0.25) is 0 Å². The van der Waals surface area contributed by atoms with Crippen LogP contribution < -0.4 is 15.4 Å². The van der Waals surface area contributed by atoms with Gasteiger partial charge in [0.25, 0.3) is 11.8 Å². The number of likely N-dealkylation sites (tertiary alicyclic amines) is 1. The van der Waals surface area contributed by atoms with Gasteiger partial charge in [0.15, 0.2) is 11.5 Å². The molecule has 1 fully saturated rings. The Bertz CT molecular complexity index is 996. The minimum Gasteiger partial charge on any atom is -0.449 e. The third-order valence-corrected chi connectivity index (χ3v) is 5.99. The van der Waals surface area contributed by atoms with Gasteiger partial charge in [0, 0.05) is 17.1 Å². The summed E-state index contributed by atoms with van der Waals surface area (Å²) in [5.41, 5.74) is 1.78. The van der Waals surface area contributed by atoms with Crippen molar-refractivity contribution in [1.82, 2.24) is 10.2 Å². The number of carbonyl (C=O) groups is 2. The van der Waals surface area contributed by atoms with E-state index in [0.29, 0.717) is 28.6 Å². The third kappa shape index (κ3) is 5.90. The molecule has 32 heavy (non-hydrogen) atoms. The van der Waals surface area contributed by atoms with Gasteiger partial charge in [-0.15, -0.1) is 0 Å². The molecule has 2 N–H and O–H groups in total. The van der Waals surface area contributed by atoms with E-state index in [2.05, 4.69) is 15.5 Å². The van der Waals surface area contributed by atoms with Gasteiger partial charge in [0.05, 0.1) is 5.69 Å². The molecular formula is C25H28ClN3O3. The molecule has 0 bridgehead atoms. The number of amides is 2. The normalized spacial score (nSPS) is 17.8. The average molecular weight is 454 g/mol. The fraction of sp³-hybridized carbons (Fsp3) is 0.360. The van der Waals surface area contributed by atoms with E-state index in [1.807, 2.05) is 12.1 Å². The molecule has 0 radical (unpaired) electrons. The van der Waals surface area contributed by atoms with E-state index in [9.17, 15) is 9.59 Å². The van der Waals surface area contributed by atoms with E-state index in [1.165, 1.54) is 25.7 Å². The van der Waals surface area contributed by atoms with Crippen LogP contribution in [-0.4, -0.2) is 42.9 Å². The molecule has 0 atom stereocenters. The van der Waals surface area contributed by atoms with Gasteiger partial charge in [-0.2, -0.15) is 0 Å². The maximum absolute atomic E-state index is 12.6. The summed E-state index contributed by atoms with van der Waals surface area (Å²) in [7, 11) is 0. The summed E-state index contributed by atoms with van der Waals surface area (Å²) in [6.07, 6.45) is 7.77. The SMILES string of the molecule is O=C1Nc2cc(C(=O)NCCCN3CCCCCC3)ccc2O/C1=C/c1ccc(Cl)cc1. The summed E-state index contributed by atoms with van der Waals surface area (Å²) in [4.78, 5) is 27.5. The molecule has 2 aliphatic rings. The van der Waals surface area contributed by atoms with Crippen LogP contribution in [0.15, 0.2) is 48.2 Å². The Labute approximate surface area is 193 Å². The van der Waals surface area contributed by atoms with E-state index in [-0.39, 0.29) is 17.6 Å². The van der Waals surface area contributed by atoms with E-state index in [0.717, 1.165) is 31.6 Å². The van der Waals surface area contributed by atoms with Gasteiger partial charge in [-0.3, -0.25) is 9.59 Å². The number of benzene rings is 2. The maximum atomic E-state index is 12.6. The molecule has 2 aromatic carbocycles. The summed E-state index contributed by atoms with van der Waals surface area (Å²) in [6.45, 7) is 3.96. The molecule has 2 amide bonds. The van der Waals surface area contributed by atoms with Crippen molar-refractivity contribution in [2.45, 2.75) is 32.1 Å². The number of ether oxygens (including phenoxy) is 1. The highest BCUT2D eigenvalue weighted by Gasteiger charge is 2.23. The fourth-order valence-electron chi connectivity index (χ4n) is 3.98.